The van der Waals surface area contributed by atoms with E-state index in [1.165, 1.54) is 4.48 Å². The standard InChI is InChI=1S/C26H38BN5O4/c1-17-10-12-32(27-35-24(3,4)25(5,6)36-27)23(33)22(17)30-21-9-8-19(14-28-21)31-15-18(2)29-16-26(31,7)20-11-13-34-20/h8-10,12,14,18,20,29H,11,13,15-16H2,1-7H3,(H,28,30)/t18-,20?,26+/m1/s1. The Morgan fingerprint density at radius 2 is 1.83 bits per heavy atom. The van der Waals surface area contributed by atoms with Gasteiger partial charge in [-0.2, -0.15) is 0 Å². The number of rotatable bonds is 5. The summed E-state index contributed by atoms with van der Waals surface area (Å²) < 4.78 is 19.6. The van der Waals surface area contributed by atoms with Crippen LogP contribution in [-0.2, 0) is 14.0 Å². The van der Waals surface area contributed by atoms with E-state index in [-0.39, 0.29) is 17.2 Å². The predicted molar refractivity (Wildman–Crippen MR) is 142 cm³/mol. The Hall–Kier alpha value is -2.40. The molecule has 3 saturated heterocycles. The van der Waals surface area contributed by atoms with Crippen molar-refractivity contribution in [2.75, 3.05) is 29.9 Å². The van der Waals surface area contributed by atoms with Crippen LogP contribution >= 0.6 is 0 Å². The number of hydrogen-bond acceptors (Lipinski definition) is 8. The molecule has 1 unspecified atom stereocenters. The highest BCUT2D eigenvalue weighted by molar-refractivity contribution is 6.43. The average molecular weight is 495 g/mol. The second kappa shape index (κ2) is 8.87. The van der Waals surface area contributed by atoms with Crippen molar-refractivity contribution in [2.45, 2.75) is 83.8 Å². The lowest BCUT2D eigenvalue weighted by molar-refractivity contribution is -0.0951. The minimum atomic E-state index is -0.792. The highest BCUT2D eigenvalue weighted by Crippen LogP contribution is 2.37. The van der Waals surface area contributed by atoms with Gasteiger partial charge < -0.3 is 34.1 Å². The average Bonchev–Trinajstić information content (AvgIpc) is 2.99. The lowest BCUT2D eigenvalue weighted by atomic mass is 9.84. The minimum Gasteiger partial charge on any atom is -0.384 e. The van der Waals surface area contributed by atoms with Crippen LogP contribution in [0.5, 0.6) is 0 Å². The van der Waals surface area contributed by atoms with Crippen LogP contribution in [-0.4, -0.2) is 65.3 Å². The maximum Gasteiger partial charge on any atom is 0.601 e. The van der Waals surface area contributed by atoms with Gasteiger partial charge in [0.15, 0.2) is 0 Å². The van der Waals surface area contributed by atoms with Crippen LogP contribution < -0.4 is 21.1 Å². The molecule has 0 aliphatic carbocycles. The van der Waals surface area contributed by atoms with Crippen molar-refractivity contribution in [2.24, 2.45) is 0 Å². The molecule has 3 aliphatic rings. The van der Waals surface area contributed by atoms with Crippen molar-refractivity contribution in [1.82, 2.24) is 14.8 Å². The fourth-order valence-corrected chi connectivity index (χ4v) is 5.07. The number of nitrogens with zero attached hydrogens (tertiary/aromatic N) is 3. The van der Waals surface area contributed by atoms with Gasteiger partial charge in [-0.1, -0.05) is 0 Å². The highest BCUT2D eigenvalue weighted by Gasteiger charge is 2.53. The SMILES string of the molecule is Cc1ccn(B2OC(C)(C)C(C)(C)O2)c(=O)c1Nc1ccc(N2C[C@@H](C)NC[C@@]2(C)C2CCO2)cn1. The Labute approximate surface area is 213 Å². The normalized spacial score (nSPS) is 29.2. The molecule has 2 aromatic heterocycles. The molecular weight excluding hydrogens is 457 g/mol. The number of anilines is 3. The van der Waals surface area contributed by atoms with Gasteiger partial charge in [-0.05, 0) is 84.8 Å². The van der Waals surface area contributed by atoms with Crippen molar-refractivity contribution in [3.8, 4) is 0 Å². The predicted octanol–water partition coefficient (Wildman–Crippen LogP) is 3.08. The van der Waals surface area contributed by atoms with Crippen molar-refractivity contribution < 1.29 is 14.0 Å². The van der Waals surface area contributed by atoms with Crippen molar-refractivity contribution in [3.05, 3.63) is 46.5 Å². The van der Waals surface area contributed by atoms with E-state index in [0.717, 1.165) is 37.4 Å². The number of aryl methyl sites for hydroxylation is 1. The Balaban J connectivity index is 1.38. The number of nitrogens with one attached hydrogen (secondary N) is 2. The second-order valence-corrected chi connectivity index (χ2v) is 11.6. The maximum atomic E-state index is 13.4. The molecule has 3 aliphatic heterocycles. The Bertz CT molecular complexity index is 1160. The number of pyridine rings is 2. The van der Waals surface area contributed by atoms with Gasteiger partial charge in [-0.15, -0.1) is 0 Å². The van der Waals surface area contributed by atoms with Crippen molar-refractivity contribution in [3.63, 3.8) is 0 Å². The van der Waals surface area contributed by atoms with Crippen LogP contribution in [0.3, 0.4) is 0 Å². The van der Waals surface area contributed by atoms with E-state index >= 15 is 0 Å². The first-order valence-electron chi connectivity index (χ1n) is 12.8. The van der Waals surface area contributed by atoms with Crippen LogP contribution in [0.1, 0.15) is 53.5 Å². The third kappa shape index (κ3) is 4.24. The summed E-state index contributed by atoms with van der Waals surface area (Å²) in [6.45, 7) is 16.8. The molecule has 194 valence electrons. The van der Waals surface area contributed by atoms with Crippen LogP contribution in [0, 0.1) is 6.92 Å². The van der Waals surface area contributed by atoms with Gasteiger partial charge in [0.05, 0.1) is 34.7 Å². The summed E-state index contributed by atoms with van der Waals surface area (Å²) in [5, 5.41) is 6.84. The van der Waals surface area contributed by atoms with Crippen LogP contribution in [0.25, 0.3) is 0 Å². The van der Waals surface area contributed by atoms with E-state index in [4.69, 9.17) is 14.0 Å². The molecule has 0 amide bonds. The van der Waals surface area contributed by atoms with Crippen LogP contribution in [0.2, 0.25) is 0 Å². The van der Waals surface area contributed by atoms with E-state index < -0.39 is 18.5 Å². The van der Waals surface area contributed by atoms with Gasteiger partial charge in [0.1, 0.15) is 11.5 Å². The third-order valence-corrected chi connectivity index (χ3v) is 8.38. The zero-order chi connectivity index (χ0) is 25.9. The van der Waals surface area contributed by atoms with Crippen molar-refractivity contribution in [1.29, 1.82) is 0 Å². The van der Waals surface area contributed by atoms with E-state index in [1.54, 1.807) is 6.20 Å². The van der Waals surface area contributed by atoms with Crippen LogP contribution in [0.4, 0.5) is 17.2 Å². The number of hydrogen-bond donors (Lipinski definition) is 2. The zero-order valence-corrected chi connectivity index (χ0v) is 22.4. The largest absolute Gasteiger partial charge is 0.601 e. The molecule has 10 heteroatoms. The molecular formula is C26H38BN5O4. The molecule has 9 nitrogen and oxygen atoms in total. The molecule has 5 rings (SSSR count). The van der Waals surface area contributed by atoms with Gasteiger partial charge in [0.2, 0.25) is 0 Å². The van der Waals surface area contributed by atoms with E-state index in [9.17, 15) is 4.79 Å². The summed E-state index contributed by atoms with van der Waals surface area (Å²) in [5.41, 5.74) is 0.908. The number of aromatic nitrogens is 2. The summed E-state index contributed by atoms with van der Waals surface area (Å²) in [5.74, 6) is 0.607. The molecule has 36 heavy (non-hydrogen) atoms. The molecule has 0 saturated carbocycles. The van der Waals surface area contributed by atoms with Gasteiger partial charge in [-0.25, -0.2) is 4.98 Å². The van der Waals surface area contributed by atoms with Crippen molar-refractivity contribution >= 4 is 24.4 Å². The Morgan fingerprint density at radius 1 is 1.14 bits per heavy atom. The van der Waals surface area contributed by atoms with Crippen LogP contribution in [0.15, 0.2) is 35.4 Å². The highest BCUT2D eigenvalue weighted by atomic mass is 16.7. The Kier molecular flexibility index (Phi) is 6.22. The van der Waals surface area contributed by atoms with E-state index in [1.807, 2.05) is 52.9 Å². The topological polar surface area (TPSA) is 89.9 Å². The second-order valence-electron chi connectivity index (χ2n) is 11.6. The summed E-state index contributed by atoms with van der Waals surface area (Å²) in [6, 6.07) is 6.25. The lowest BCUT2D eigenvalue weighted by Gasteiger charge is -2.54. The summed E-state index contributed by atoms with van der Waals surface area (Å²) in [4.78, 5) is 20.5. The molecule has 0 spiro atoms. The third-order valence-electron chi connectivity index (χ3n) is 8.38. The molecule has 2 N–H and O–H groups in total. The summed E-state index contributed by atoms with van der Waals surface area (Å²) in [6.07, 6.45) is 4.87. The molecule has 5 heterocycles. The summed E-state index contributed by atoms with van der Waals surface area (Å²) >= 11 is 0. The first-order valence-corrected chi connectivity index (χ1v) is 12.8. The van der Waals surface area contributed by atoms with Gasteiger partial charge in [0.25, 0.3) is 5.56 Å². The van der Waals surface area contributed by atoms with E-state index in [0.29, 0.717) is 17.5 Å². The molecule has 0 aromatic carbocycles. The Morgan fingerprint density at radius 3 is 2.42 bits per heavy atom. The molecule has 3 atom stereocenters. The number of piperazine rings is 1. The minimum absolute atomic E-state index is 0.131. The smallest absolute Gasteiger partial charge is 0.384 e. The van der Waals surface area contributed by atoms with Gasteiger partial charge >= 0.3 is 7.25 Å². The lowest BCUT2D eigenvalue weighted by Crippen LogP contribution is -2.70. The monoisotopic (exact) mass is 495 g/mol. The molecule has 0 bridgehead atoms. The first kappa shape index (κ1) is 25.3. The first-order chi connectivity index (χ1) is 16.9. The molecule has 3 fully saturated rings. The fraction of sp³-hybridized carbons (Fsp3) is 0.615. The van der Waals surface area contributed by atoms with Gasteiger partial charge in [-0.3, -0.25) is 4.79 Å². The molecule has 2 aromatic rings. The number of ether oxygens (including phenoxy) is 1. The van der Waals surface area contributed by atoms with Gasteiger partial charge in [0, 0.05) is 25.7 Å². The maximum absolute atomic E-state index is 13.4. The molecule has 0 radical (unpaired) electrons. The zero-order valence-electron chi connectivity index (χ0n) is 22.4. The fourth-order valence-electron chi connectivity index (χ4n) is 5.07. The quantitative estimate of drug-likeness (QED) is 0.612. The van der Waals surface area contributed by atoms with E-state index in [2.05, 4.69) is 40.4 Å². The summed E-state index contributed by atoms with van der Waals surface area (Å²) in [7, 11) is -0.792.